The molecule has 0 aliphatic carbocycles. The highest BCUT2D eigenvalue weighted by Crippen LogP contribution is 2.08. The van der Waals surface area contributed by atoms with Crippen molar-refractivity contribution in [2.75, 3.05) is 0 Å². The Morgan fingerprint density at radius 3 is 2.53 bits per heavy atom. The molecule has 0 bridgehead atoms. The molecule has 2 rings (SSSR count). The Morgan fingerprint density at radius 1 is 1.24 bits per heavy atom. The van der Waals surface area contributed by atoms with Crippen molar-refractivity contribution in [2.24, 2.45) is 0 Å². The molecule has 3 heteroatoms. The van der Waals surface area contributed by atoms with Crippen LogP contribution in [0.15, 0.2) is 42.6 Å². The van der Waals surface area contributed by atoms with Gasteiger partial charge in [-0.15, -0.1) is 0 Å². The fraction of sp³-hybridized carbons (Fsp3) is 0.286. The van der Waals surface area contributed by atoms with Crippen molar-refractivity contribution in [3.8, 4) is 0 Å². The van der Waals surface area contributed by atoms with E-state index < -0.39 is 0 Å². The quantitative estimate of drug-likeness (QED) is 0.754. The summed E-state index contributed by atoms with van der Waals surface area (Å²) in [5, 5.41) is 4.37. The molecule has 0 saturated carbocycles. The maximum absolute atomic E-state index is 11.9. The average molecular weight is 228 g/mol. The first-order valence-electron chi connectivity index (χ1n) is 5.79. The van der Waals surface area contributed by atoms with Gasteiger partial charge in [0.05, 0.1) is 12.1 Å². The van der Waals surface area contributed by atoms with Gasteiger partial charge in [0.1, 0.15) is 0 Å². The van der Waals surface area contributed by atoms with Crippen LogP contribution >= 0.6 is 0 Å². The first kappa shape index (κ1) is 11.6. The van der Waals surface area contributed by atoms with Crippen molar-refractivity contribution in [1.29, 1.82) is 0 Å². The lowest BCUT2D eigenvalue weighted by Gasteiger charge is -2.03. The third-order valence-corrected chi connectivity index (χ3v) is 2.63. The number of Topliss-reactive ketones (excluding diaryl/α,β-unsaturated/α-hetero) is 1. The second-order valence-electron chi connectivity index (χ2n) is 4.35. The summed E-state index contributed by atoms with van der Waals surface area (Å²) < 4.78 is 1.87. The molecular weight excluding hydrogens is 212 g/mol. The van der Waals surface area contributed by atoms with E-state index in [9.17, 15) is 4.79 Å². The van der Waals surface area contributed by atoms with Crippen LogP contribution in [-0.4, -0.2) is 15.6 Å². The van der Waals surface area contributed by atoms with Gasteiger partial charge in [-0.3, -0.25) is 9.48 Å². The number of benzene rings is 1. The molecule has 1 heterocycles. The van der Waals surface area contributed by atoms with E-state index in [0.717, 1.165) is 11.3 Å². The summed E-state index contributed by atoms with van der Waals surface area (Å²) in [6, 6.07) is 11.6. The molecule has 0 radical (unpaired) electrons. The van der Waals surface area contributed by atoms with Crippen molar-refractivity contribution in [2.45, 2.75) is 26.3 Å². The van der Waals surface area contributed by atoms with Crippen molar-refractivity contribution in [3.05, 3.63) is 53.9 Å². The Kier molecular flexibility index (Phi) is 3.38. The number of hydrogen-bond acceptors (Lipinski definition) is 2. The fourth-order valence-corrected chi connectivity index (χ4v) is 1.65. The highest BCUT2D eigenvalue weighted by Gasteiger charge is 2.09. The summed E-state index contributed by atoms with van der Waals surface area (Å²) in [4.78, 5) is 11.9. The first-order valence-corrected chi connectivity index (χ1v) is 5.79. The molecule has 1 aromatic carbocycles. The van der Waals surface area contributed by atoms with Crippen LogP contribution in [0.2, 0.25) is 0 Å². The van der Waals surface area contributed by atoms with Crippen LogP contribution in [0.5, 0.6) is 0 Å². The molecule has 0 fully saturated rings. The van der Waals surface area contributed by atoms with Gasteiger partial charge in [-0.1, -0.05) is 30.3 Å². The minimum atomic E-state index is 0.111. The smallest absolute Gasteiger partial charge is 0.168 e. The molecular formula is C14H16N2O. The maximum atomic E-state index is 11.9. The molecule has 17 heavy (non-hydrogen) atoms. The van der Waals surface area contributed by atoms with E-state index in [-0.39, 0.29) is 5.78 Å². The Bertz CT molecular complexity index is 500. The van der Waals surface area contributed by atoms with Gasteiger partial charge in [-0.2, -0.15) is 5.10 Å². The summed E-state index contributed by atoms with van der Waals surface area (Å²) in [6.45, 7) is 4.13. The predicted octanol–water partition coefficient (Wildman–Crippen LogP) is 2.89. The van der Waals surface area contributed by atoms with Gasteiger partial charge in [0, 0.05) is 17.8 Å². The van der Waals surface area contributed by atoms with E-state index in [1.54, 1.807) is 0 Å². The van der Waals surface area contributed by atoms with Crippen LogP contribution in [0.3, 0.4) is 0 Å². The Morgan fingerprint density at radius 2 is 1.94 bits per heavy atom. The van der Waals surface area contributed by atoms with E-state index >= 15 is 0 Å². The molecule has 0 saturated heterocycles. The zero-order valence-electron chi connectivity index (χ0n) is 10.1. The van der Waals surface area contributed by atoms with E-state index in [1.165, 1.54) is 0 Å². The molecule has 88 valence electrons. The van der Waals surface area contributed by atoms with Gasteiger partial charge < -0.3 is 0 Å². The van der Waals surface area contributed by atoms with E-state index in [1.807, 2.05) is 47.3 Å². The molecule has 0 amide bonds. The minimum Gasteiger partial charge on any atom is -0.294 e. The van der Waals surface area contributed by atoms with Gasteiger partial charge in [-0.05, 0) is 19.9 Å². The van der Waals surface area contributed by atoms with Crippen molar-refractivity contribution < 1.29 is 4.79 Å². The number of aromatic nitrogens is 2. The summed E-state index contributed by atoms with van der Waals surface area (Å²) in [6.07, 6.45) is 2.28. The number of ketones is 1. The molecule has 0 atom stereocenters. The van der Waals surface area contributed by atoms with Crippen LogP contribution in [-0.2, 0) is 6.42 Å². The summed E-state index contributed by atoms with van der Waals surface area (Å²) in [5.74, 6) is 0.111. The van der Waals surface area contributed by atoms with Gasteiger partial charge >= 0.3 is 0 Å². The SMILES string of the molecule is CC(C)n1ccc(CC(=O)c2ccccc2)n1. The topological polar surface area (TPSA) is 34.9 Å². The maximum Gasteiger partial charge on any atom is 0.168 e. The summed E-state index contributed by atoms with van der Waals surface area (Å²) in [5.41, 5.74) is 1.57. The van der Waals surface area contributed by atoms with Crippen LogP contribution in [0, 0.1) is 0 Å². The minimum absolute atomic E-state index is 0.111. The molecule has 0 aliphatic rings. The monoisotopic (exact) mass is 228 g/mol. The molecule has 2 aromatic rings. The molecule has 0 N–H and O–H groups in total. The molecule has 3 nitrogen and oxygen atoms in total. The van der Waals surface area contributed by atoms with E-state index in [0.29, 0.717) is 12.5 Å². The fourth-order valence-electron chi connectivity index (χ4n) is 1.65. The number of rotatable bonds is 4. The van der Waals surface area contributed by atoms with Gasteiger partial charge in [0.15, 0.2) is 5.78 Å². The van der Waals surface area contributed by atoms with Crippen molar-refractivity contribution in [1.82, 2.24) is 9.78 Å². The number of carbonyl (C=O) groups excluding carboxylic acids is 1. The lowest BCUT2D eigenvalue weighted by Crippen LogP contribution is -2.06. The molecule has 1 aromatic heterocycles. The van der Waals surface area contributed by atoms with Crippen LogP contribution in [0.1, 0.15) is 35.9 Å². The van der Waals surface area contributed by atoms with Crippen LogP contribution in [0.4, 0.5) is 0 Å². The largest absolute Gasteiger partial charge is 0.294 e. The lowest BCUT2D eigenvalue weighted by atomic mass is 10.1. The molecule has 0 spiro atoms. The normalized spacial score (nSPS) is 10.8. The zero-order chi connectivity index (χ0) is 12.3. The number of hydrogen-bond donors (Lipinski definition) is 0. The first-order chi connectivity index (χ1) is 8.16. The van der Waals surface area contributed by atoms with E-state index in [2.05, 4.69) is 18.9 Å². The van der Waals surface area contributed by atoms with E-state index in [4.69, 9.17) is 0 Å². The molecule has 0 aliphatic heterocycles. The Labute approximate surface area is 101 Å². The highest BCUT2D eigenvalue weighted by atomic mass is 16.1. The zero-order valence-corrected chi connectivity index (χ0v) is 10.1. The highest BCUT2D eigenvalue weighted by molar-refractivity contribution is 5.97. The average Bonchev–Trinajstić information content (AvgIpc) is 2.79. The third kappa shape index (κ3) is 2.81. The predicted molar refractivity (Wildman–Crippen MR) is 67.1 cm³/mol. The van der Waals surface area contributed by atoms with Crippen LogP contribution in [0.25, 0.3) is 0 Å². The van der Waals surface area contributed by atoms with Gasteiger partial charge in [0.25, 0.3) is 0 Å². The third-order valence-electron chi connectivity index (χ3n) is 2.63. The van der Waals surface area contributed by atoms with Gasteiger partial charge in [0.2, 0.25) is 0 Å². The summed E-state index contributed by atoms with van der Waals surface area (Å²) >= 11 is 0. The number of carbonyl (C=O) groups is 1. The van der Waals surface area contributed by atoms with Crippen molar-refractivity contribution >= 4 is 5.78 Å². The number of nitrogens with zero attached hydrogens (tertiary/aromatic N) is 2. The second-order valence-corrected chi connectivity index (χ2v) is 4.35. The molecule has 0 unspecified atom stereocenters. The summed E-state index contributed by atoms with van der Waals surface area (Å²) in [7, 11) is 0. The second kappa shape index (κ2) is 4.95. The van der Waals surface area contributed by atoms with Gasteiger partial charge in [-0.25, -0.2) is 0 Å². The standard InChI is InChI=1S/C14H16N2O/c1-11(2)16-9-8-13(15-16)10-14(17)12-6-4-3-5-7-12/h3-9,11H,10H2,1-2H3. The van der Waals surface area contributed by atoms with Crippen molar-refractivity contribution in [3.63, 3.8) is 0 Å². The van der Waals surface area contributed by atoms with Crippen LogP contribution < -0.4 is 0 Å². The Hall–Kier alpha value is -1.90. The lowest BCUT2D eigenvalue weighted by molar-refractivity contribution is 0.0991. The Balaban J connectivity index is 2.08.